The molecule has 1 saturated carbocycles. The summed E-state index contributed by atoms with van der Waals surface area (Å²) in [5.74, 6) is 0.912. The minimum absolute atomic E-state index is 0.262. The molecule has 1 aromatic rings. The highest BCUT2D eigenvalue weighted by Crippen LogP contribution is 2.33. The molecule has 1 unspecified atom stereocenters. The van der Waals surface area contributed by atoms with Crippen molar-refractivity contribution in [2.24, 2.45) is 5.92 Å². The highest BCUT2D eigenvalue weighted by molar-refractivity contribution is 5.33. The molecule has 0 aromatic heterocycles. The molecule has 0 heterocycles. The van der Waals surface area contributed by atoms with Crippen LogP contribution in [0.2, 0.25) is 0 Å². The maximum absolute atomic E-state index is 13.7. The quantitative estimate of drug-likeness (QED) is 0.335. The van der Waals surface area contributed by atoms with Crippen molar-refractivity contribution in [1.29, 1.82) is 0 Å². The predicted molar refractivity (Wildman–Crippen MR) is 115 cm³/mol. The number of rotatable bonds is 14. The number of benzene rings is 1. The Morgan fingerprint density at radius 3 is 2.25 bits per heavy atom. The number of aryl methyl sites for hydroxylation is 1. The molecular formula is C25H41FO2. The summed E-state index contributed by atoms with van der Waals surface area (Å²) in [7, 11) is 0. The van der Waals surface area contributed by atoms with E-state index in [-0.39, 0.29) is 5.82 Å². The van der Waals surface area contributed by atoms with Crippen LogP contribution in [0.5, 0.6) is 5.75 Å². The van der Waals surface area contributed by atoms with Gasteiger partial charge in [0.1, 0.15) is 0 Å². The summed E-state index contributed by atoms with van der Waals surface area (Å²) in [6, 6.07) is 5.05. The van der Waals surface area contributed by atoms with Crippen LogP contribution in [0.15, 0.2) is 18.2 Å². The van der Waals surface area contributed by atoms with E-state index < -0.39 is 5.60 Å². The Hall–Kier alpha value is -1.09. The summed E-state index contributed by atoms with van der Waals surface area (Å²) in [6.07, 6.45) is 16.8. The first kappa shape index (κ1) is 23.2. The van der Waals surface area contributed by atoms with Gasteiger partial charge in [0, 0.05) is 0 Å². The van der Waals surface area contributed by atoms with E-state index in [0.717, 1.165) is 43.6 Å². The van der Waals surface area contributed by atoms with Crippen molar-refractivity contribution in [2.45, 2.75) is 109 Å². The van der Waals surface area contributed by atoms with Crippen LogP contribution in [0, 0.1) is 18.7 Å². The molecular weight excluding hydrogens is 351 g/mol. The Morgan fingerprint density at radius 2 is 1.61 bits per heavy atom. The lowest BCUT2D eigenvalue weighted by atomic mass is 9.87. The van der Waals surface area contributed by atoms with Crippen LogP contribution < -0.4 is 4.74 Å². The highest BCUT2D eigenvalue weighted by atomic mass is 19.1. The molecule has 0 radical (unpaired) electrons. The molecule has 2 nitrogen and oxygen atoms in total. The van der Waals surface area contributed by atoms with Crippen molar-refractivity contribution in [3.63, 3.8) is 0 Å². The van der Waals surface area contributed by atoms with Gasteiger partial charge in [-0.2, -0.15) is 0 Å². The lowest BCUT2D eigenvalue weighted by molar-refractivity contribution is 0.0237. The minimum Gasteiger partial charge on any atom is -0.490 e. The number of unbranched alkanes of at least 4 members (excludes halogenated alkanes) is 7. The predicted octanol–water partition coefficient (Wildman–Crippen LogP) is 7.36. The normalized spacial score (nSPS) is 17.0. The van der Waals surface area contributed by atoms with E-state index in [4.69, 9.17) is 4.74 Å². The van der Waals surface area contributed by atoms with Gasteiger partial charge in [-0.25, -0.2) is 4.39 Å². The summed E-state index contributed by atoms with van der Waals surface area (Å²) in [6.45, 7) is 4.51. The summed E-state index contributed by atoms with van der Waals surface area (Å²) in [5.41, 5.74) is 0.410. The molecule has 1 aliphatic carbocycles. The number of halogens is 1. The molecule has 1 aliphatic rings. The third kappa shape index (κ3) is 8.94. The van der Waals surface area contributed by atoms with E-state index >= 15 is 0 Å². The van der Waals surface area contributed by atoms with E-state index in [1.165, 1.54) is 63.9 Å². The molecule has 3 heteroatoms. The first-order valence-electron chi connectivity index (χ1n) is 11.6. The van der Waals surface area contributed by atoms with Crippen molar-refractivity contribution in [2.75, 3.05) is 6.61 Å². The Labute approximate surface area is 171 Å². The standard InChI is InChI=1S/C25H41FO2/c1-21-14-13-17-23(26)24(21)28-19-12-8-6-4-3-5-7-11-18-25(2,27)20-22-15-9-10-16-22/h13-14,17,22,27H,3-12,15-16,18-20H2,1-2H3. The zero-order chi connectivity index (χ0) is 20.2. The maximum Gasteiger partial charge on any atom is 0.165 e. The van der Waals surface area contributed by atoms with Crippen molar-refractivity contribution < 1.29 is 14.2 Å². The Morgan fingerprint density at radius 1 is 1.00 bits per heavy atom. The minimum atomic E-state index is -0.453. The Balaban J connectivity index is 1.40. The van der Waals surface area contributed by atoms with Gasteiger partial charge in [-0.3, -0.25) is 0 Å². The molecule has 1 aromatic carbocycles. The lowest BCUT2D eigenvalue weighted by Gasteiger charge is -2.26. The van der Waals surface area contributed by atoms with Crippen LogP contribution in [0.25, 0.3) is 0 Å². The third-order valence-corrected chi connectivity index (χ3v) is 6.22. The van der Waals surface area contributed by atoms with Crippen LogP contribution in [0.3, 0.4) is 0 Å². The molecule has 2 rings (SSSR count). The first-order chi connectivity index (χ1) is 13.5. The van der Waals surface area contributed by atoms with Crippen LogP contribution in [0.4, 0.5) is 4.39 Å². The zero-order valence-corrected chi connectivity index (χ0v) is 18.1. The SMILES string of the molecule is Cc1cccc(F)c1OCCCCCCCCCCC(C)(O)CC1CCCC1. The van der Waals surface area contributed by atoms with Crippen LogP contribution in [-0.2, 0) is 0 Å². The third-order valence-electron chi connectivity index (χ3n) is 6.22. The number of para-hydroxylation sites is 1. The molecule has 0 saturated heterocycles. The summed E-state index contributed by atoms with van der Waals surface area (Å²) < 4.78 is 19.3. The summed E-state index contributed by atoms with van der Waals surface area (Å²) in [5, 5.41) is 10.6. The summed E-state index contributed by atoms with van der Waals surface area (Å²) >= 11 is 0. The van der Waals surface area contributed by atoms with Gasteiger partial charge in [0.25, 0.3) is 0 Å². The van der Waals surface area contributed by atoms with Crippen molar-refractivity contribution >= 4 is 0 Å². The van der Waals surface area contributed by atoms with E-state index in [0.29, 0.717) is 12.4 Å². The number of ether oxygens (including phenoxy) is 1. The van der Waals surface area contributed by atoms with Crippen molar-refractivity contribution in [3.8, 4) is 5.75 Å². The monoisotopic (exact) mass is 392 g/mol. The largest absolute Gasteiger partial charge is 0.490 e. The molecule has 0 spiro atoms. The molecule has 1 N–H and O–H groups in total. The number of hydrogen-bond donors (Lipinski definition) is 1. The van der Waals surface area contributed by atoms with Gasteiger partial charge in [0.15, 0.2) is 11.6 Å². The van der Waals surface area contributed by atoms with Gasteiger partial charge in [-0.1, -0.05) is 82.8 Å². The Kier molecular flexibility index (Phi) is 10.3. The van der Waals surface area contributed by atoms with Gasteiger partial charge in [0.05, 0.1) is 12.2 Å². The van der Waals surface area contributed by atoms with Crippen LogP contribution in [0.1, 0.15) is 102 Å². The highest BCUT2D eigenvalue weighted by Gasteiger charge is 2.26. The average Bonchev–Trinajstić information content (AvgIpc) is 3.14. The second-order valence-electron chi connectivity index (χ2n) is 9.16. The molecule has 160 valence electrons. The van der Waals surface area contributed by atoms with Gasteiger partial charge in [-0.05, 0) is 50.7 Å². The zero-order valence-electron chi connectivity index (χ0n) is 18.1. The smallest absolute Gasteiger partial charge is 0.165 e. The molecule has 0 aliphatic heterocycles. The van der Waals surface area contributed by atoms with Gasteiger partial charge in [0.2, 0.25) is 0 Å². The second kappa shape index (κ2) is 12.5. The van der Waals surface area contributed by atoms with Crippen LogP contribution in [-0.4, -0.2) is 17.3 Å². The maximum atomic E-state index is 13.7. The van der Waals surface area contributed by atoms with E-state index in [1.54, 1.807) is 6.07 Å². The average molecular weight is 393 g/mol. The Bertz CT molecular complexity index is 529. The number of hydrogen-bond acceptors (Lipinski definition) is 2. The van der Waals surface area contributed by atoms with Crippen molar-refractivity contribution in [3.05, 3.63) is 29.6 Å². The first-order valence-corrected chi connectivity index (χ1v) is 11.6. The van der Waals surface area contributed by atoms with Gasteiger partial charge in [-0.15, -0.1) is 0 Å². The van der Waals surface area contributed by atoms with E-state index in [1.807, 2.05) is 19.9 Å². The fourth-order valence-corrected chi connectivity index (χ4v) is 4.58. The molecule has 1 fully saturated rings. The molecule has 0 amide bonds. The van der Waals surface area contributed by atoms with Crippen LogP contribution >= 0.6 is 0 Å². The molecule has 1 atom stereocenters. The van der Waals surface area contributed by atoms with E-state index in [9.17, 15) is 9.50 Å². The van der Waals surface area contributed by atoms with Gasteiger partial charge < -0.3 is 9.84 Å². The second-order valence-corrected chi connectivity index (χ2v) is 9.16. The summed E-state index contributed by atoms with van der Waals surface area (Å²) in [4.78, 5) is 0. The molecule has 28 heavy (non-hydrogen) atoms. The van der Waals surface area contributed by atoms with Crippen molar-refractivity contribution in [1.82, 2.24) is 0 Å². The number of aliphatic hydroxyl groups is 1. The lowest BCUT2D eigenvalue weighted by Crippen LogP contribution is -2.26. The topological polar surface area (TPSA) is 29.5 Å². The fraction of sp³-hybridized carbons (Fsp3) is 0.760. The van der Waals surface area contributed by atoms with Gasteiger partial charge >= 0.3 is 0 Å². The van der Waals surface area contributed by atoms with E-state index in [2.05, 4.69) is 0 Å². The fourth-order valence-electron chi connectivity index (χ4n) is 4.58. The molecule has 0 bridgehead atoms.